The molecule has 1 aromatic carbocycles. The molecule has 160 valence electrons. The molecule has 0 bridgehead atoms. The Morgan fingerprint density at radius 2 is 1.80 bits per heavy atom. The fourth-order valence-electron chi connectivity index (χ4n) is 4.98. The Labute approximate surface area is 180 Å². The highest BCUT2D eigenvalue weighted by molar-refractivity contribution is 5.79. The zero-order chi connectivity index (χ0) is 20.8. The number of amides is 1. The van der Waals surface area contributed by atoms with Crippen LogP contribution in [0.2, 0.25) is 0 Å². The van der Waals surface area contributed by atoms with Gasteiger partial charge in [-0.1, -0.05) is 36.4 Å². The van der Waals surface area contributed by atoms with Crippen molar-refractivity contribution in [3.05, 3.63) is 66.0 Å². The number of carbonyl (C=O) groups excluding carboxylic acids is 1. The van der Waals surface area contributed by atoms with Gasteiger partial charge in [0, 0.05) is 45.1 Å². The zero-order valence-corrected chi connectivity index (χ0v) is 18.1. The Bertz CT molecular complexity index is 789. The first-order chi connectivity index (χ1) is 14.7. The van der Waals surface area contributed by atoms with Gasteiger partial charge in [-0.3, -0.25) is 19.6 Å². The first-order valence-electron chi connectivity index (χ1n) is 11.3. The molecule has 2 aromatic rings. The molecule has 0 saturated carbocycles. The quantitative estimate of drug-likeness (QED) is 0.737. The standard InChI is InChI=1S/C25H34N4O/c1-27(18-21-7-3-2-4-8-21)25(30)23-10-6-14-29(20-23)24-11-15-28(16-12-24)19-22-9-5-13-26-17-22/h2-5,7-9,13,17,23-24H,6,10-12,14-16,18-20H2,1H3/t23-/m1/s1. The number of rotatable bonds is 6. The topological polar surface area (TPSA) is 39.7 Å². The summed E-state index contributed by atoms with van der Waals surface area (Å²) in [6, 6.07) is 15.1. The van der Waals surface area contributed by atoms with Crippen LogP contribution in [-0.2, 0) is 17.9 Å². The molecule has 2 aliphatic rings. The van der Waals surface area contributed by atoms with Crippen molar-refractivity contribution in [1.82, 2.24) is 19.7 Å². The summed E-state index contributed by atoms with van der Waals surface area (Å²) in [6.07, 6.45) is 8.35. The van der Waals surface area contributed by atoms with Crippen molar-refractivity contribution in [3.8, 4) is 0 Å². The normalized spacial score (nSPS) is 21.4. The molecule has 0 N–H and O–H groups in total. The maximum Gasteiger partial charge on any atom is 0.227 e. The van der Waals surface area contributed by atoms with E-state index in [9.17, 15) is 4.79 Å². The van der Waals surface area contributed by atoms with Gasteiger partial charge in [-0.05, 0) is 62.5 Å². The molecule has 1 aromatic heterocycles. The van der Waals surface area contributed by atoms with Gasteiger partial charge in [0.15, 0.2) is 0 Å². The summed E-state index contributed by atoms with van der Waals surface area (Å²) in [5.74, 6) is 0.443. The third-order valence-electron chi connectivity index (χ3n) is 6.64. The molecule has 2 saturated heterocycles. The largest absolute Gasteiger partial charge is 0.341 e. The summed E-state index contributed by atoms with van der Waals surface area (Å²) in [5.41, 5.74) is 2.49. The molecule has 30 heavy (non-hydrogen) atoms. The average molecular weight is 407 g/mol. The van der Waals surface area contributed by atoms with Crippen molar-refractivity contribution in [3.63, 3.8) is 0 Å². The van der Waals surface area contributed by atoms with Gasteiger partial charge in [0.05, 0.1) is 5.92 Å². The van der Waals surface area contributed by atoms with Gasteiger partial charge >= 0.3 is 0 Å². The van der Waals surface area contributed by atoms with Crippen LogP contribution in [0.3, 0.4) is 0 Å². The Kier molecular flexibility index (Phi) is 7.13. The van der Waals surface area contributed by atoms with Crippen molar-refractivity contribution in [2.75, 3.05) is 33.2 Å². The molecule has 0 unspecified atom stereocenters. The number of aromatic nitrogens is 1. The van der Waals surface area contributed by atoms with Crippen molar-refractivity contribution >= 4 is 5.91 Å². The summed E-state index contributed by atoms with van der Waals surface area (Å²) in [5, 5.41) is 0. The Morgan fingerprint density at radius 3 is 2.53 bits per heavy atom. The van der Waals surface area contributed by atoms with E-state index in [1.807, 2.05) is 48.6 Å². The summed E-state index contributed by atoms with van der Waals surface area (Å²) in [4.78, 5) is 24.4. The van der Waals surface area contributed by atoms with Crippen LogP contribution in [0.5, 0.6) is 0 Å². The highest BCUT2D eigenvalue weighted by Crippen LogP contribution is 2.26. The van der Waals surface area contributed by atoms with Gasteiger partial charge < -0.3 is 4.90 Å². The lowest BCUT2D eigenvalue weighted by atomic mass is 9.92. The minimum absolute atomic E-state index is 0.140. The third kappa shape index (κ3) is 5.46. The Morgan fingerprint density at radius 1 is 1.03 bits per heavy atom. The smallest absolute Gasteiger partial charge is 0.227 e. The number of carbonyl (C=O) groups is 1. The van der Waals surface area contributed by atoms with Crippen molar-refractivity contribution < 1.29 is 4.79 Å². The molecule has 3 heterocycles. The predicted molar refractivity (Wildman–Crippen MR) is 120 cm³/mol. The molecule has 2 fully saturated rings. The molecule has 4 rings (SSSR count). The van der Waals surface area contributed by atoms with E-state index in [0.717, 1.165) is 45.6 Å². The van der Waals surface area contributed by atoms with Crippen LogP contribution in [-0.4, -0.2) is 64.9 Å². The zero-order valence-electron chi connectivity index (χ0n) is 18.1. The van der Waals surface area contributed by atoms with Crippen LogP contribution < -0.4 is 0 Å². The average Bonchev–Trinajstić information content (AvgIpc) is 2.80. The van der Waals surface area contributed by atoms with E-state index in [1.54, 1.807) is 0 Å². The first kappa shape index (κ1) is 21.0. The van der Waals surface area contributed by atoms with Crippen molar-refractivity contribution in [1.29, 1.82) is 0 Å². The summed E-state index contributed by atoms with van der Waals surface area (Å²) < 4.78 is 0. The molecule has 0 aliphatic carbocycles. The Hall–Kier alpha value is -2.24. The third-order valence-corrected chi connectivity index (χ3v) is 6.64. The van der Waals surface area contributed by atoms with Crippen LogP contribution in [0.4, 0.5) is 0 Å². The number of hydrogen-bond acceptors (Lipinski definition) is 4. The van der Waals surface area contributed by atoms with E-state index in [2.05, 4.69) is 33.0 Å². The SMILES string of the molecule is CN(Cc1ccccc1)C(=O)[C@@H]1CCCN(C2CCN(Cc3cccnc3)CC2)C1. The second-order valence-electron chi connectivity index (χ2n) is 8.88. The maximum atomic E-state index is 13.1. The van der Waals surface area contributed by atoms with Crippen LogP contribution in [0.1, 0.15) is 36.8 Å². The van der Waals surface area contributed by atoms with E-state index in [0.29, 0.717) is 18.5 Å². The highest BCUT2D eigenvalue weighted by atomic mass is 16.2. The fourth-order valence-corrected chi connectivity index (χ4v) is 4.98. The second kappa shape index (κ2) is 10.2. The fraction of sp³-hybridized carbons (Fsp3) is 0.520. The Balaban J connectivity index is 1.26. The van der Waals surface area contributed by atoms with Crippen LogP contribution in [0.15, 0.2) is 54.9 Å². The van der Waals surface area contributed by atoms with E-state index >= 15 is 0 Å². The van der Waals surface area contributed by atoms with Gasteiger partial charge in [0.1, 0.15) is 0 Å². The molecule has 5 heteroatoms. The number of piperidine rings is 2. The van der Waals surface area contributed by atoms with E-state index in [4.69, 9.17) is 0 Å². The number of benzene rings is 1. The van der Waals surface area contributed by atoms with E-state index < -0.39 is 0 Å². The number of likely N-dealkylation sites (tertiary alicyclic amines) is 2. The van der Waals surface area contributed by atoms with Gasteiger partial charge in [0.25, 0.3) is 0 Å². The molecule has 1 amide bonds. The van der Waals surface area contributed by atoms with Gasteiger partial charge in [-0.2, -0.15) is 0 Å². The first-order valence-corrected chi connectivity index (χ1v) is 11.3. The monoisotopic (exact) mass is 406 g/mol. The highest BCUT2D eigenvalue weighted by Gasteiger charge is 2.32. The summed E-state index contributed by atoms with van der Waals surface area (Å²) in [6.45, 7) is 6.00. The molecular weight excluding hydrogens is 372 g/mol. The lowest BCUT2D eigenvalue weighted by molar-refractivity contribution is -0.137. The minimum atomic E-state index is 0.140. The van der Waals surface area contributed by atoms with Crippen molar-refractivity contribution in [2.45, 2.75) is 44.8 Å². The van der Waals surface area contributed by atoms with Gasteiger partial charge in [-0.15, -0.1) is 0 Å². The molecule has 0 radical (unpaired) electrons. The van der Waals surface area contributed by atoms with Crippen LogP contribution in [0.25, 0.3) is 0 Å². The second-order valence-corrected chi connectivity index (χ2v) is 8.88. The van der Waals surface area contributed by atoms with Gasteiger partial charge in [-0.25, -0.2) is 0 Å². The van der Waals surface area contributed by atoms with E-state index in [-0.39, 0.29) is 5.92 Å². The maximum absolute atomic E-state index is 13.1. The number of pyridine rings is 1. The summed E-state index contributed by atoms with van der Waals surface area (Å²) in [7, 11) is 1.95. The van der Waals surface area contributed by atoms with Crippen molar-refractivity contribution in [2.24, 2.45) is 5.92 Å². The van der Waals surface area contributed by atoms with E-state index in [1.165, 1.54) is 24.0 Å². The van der Waals surface area contributed by atoms with Crippen LogP contribution in [0, 0.1) is 5.92 Å². The minimum Gasteiger partial charge on any atom is -0.341 e. The van der Waals surface area contributed by atoms with Gasteiger partial charge in [0.2, 0.25) is 5.91 Å². The van der Waals surface area contributed by atoms with Crippen LogP contribution >= 0.6 is 0 Å². The lowest BCUT2D eigenvalue weighted by Crippen LogP contribution is -2.50. The summed E-state index contributed by atoms with van der Waals surface area (Å²) >= 11 is 0. The predicted octanol–water partition coefficient (Wildman–Crippen LogP) is 3.42. The molecule has 0 spiro atoms. The molecule has 2 aliphatic heterocycles. The number of hydrogen-bond donors (Lipinski definition) is 0. The lowest BCUT2D eigenvalue weighted by Gasteiger charge is -2.42. The number of nitrogens with zero attached hydrogens (tertiary/aromatic N) is 4. The molecule has 1 atom stereocenters. The molecular formula is C25H34N4O. The molecule has 5 nitrogen and oxygen atoms in total.